The van der Waals surface area contributed by atoms with Crippen molar-refractivity contribution in [2.45, 2.75) is 5.37 Å². The Hall–Kier alpha value is -2.58. The highest BCUT2D eigenvalue weighted by atomic mass is 35.5. The predicted octanol–water partition coefficient (Wildman–Crippen LogP) is 1.77. The summed E-state index contributed by atoms with van der Waals surface area (Å²) in [5, 5.41) is 3.87. The highest BCUT2D eigenvalue weighted by Gasteiger charge is 2.35. The van der Waals surface area contributed by atoms with E-state index in [0.29, 0.717) is 10.6 Å². The smallest absolute Gasteiger partial charge is 0.258 e. The van der Waals surface area contributed by atoms with E-state index < -0.39 is 17.2 Å². The molecule has 1 saturated heterocycles. The Kier molecular flexibility index (Phi) is 5.75. The molecular weight excluding hydrogens is 376 g/mol. The van der Waals surface area contributed by atoms with E-state index >= 15 is 0 Å². The molecule has 3 rings (SSSR count). The molecule has 1 fully saturated rings. The first-order chi connectivity index (χ1) is 12.6. The first-order valence-corrected chi connectivity index (χ1v) is 9.14. The molecule has 1 unspecified atom stereocenters. The number of nitrogens with one attached hydrogen (secondary N) is 2. The maximum absolute atomic E-state index is 12.2. The van der Waals surface area contributed by atoms with Crippen LogP contribution in [0.4, 0.5) is 0 Å². The normalized spacial score (nSPS) is 16.4. The second-order valence-corrected chi connectivity index (χ2v) is 6.88. The number of hydrazine groups is 1. The van der Waals surface area contributed by atoms with Crippen molar-refractivity contribution >= 4 is 41.1 Å². The molecule has 134 valence electrons. The molecule has 0 saturated carbocycles. The summed E-state index contributed by atoms with van der Waals surface area (Å²) in [6, 6.07) is 10.2. The largest absolute Gasteiger partial charge is 0.343 e. The molecule has 1 aliphatic heterocycles. The van der Waals surface area contributed by atoms with Gasteiger partial charge in [0, 0.05) is 28.5 Å². The van der Waals surface area contributed by atoms with Crippen LogP contribution in [-0.4, -0.2) is 40.0 Å². The number of rotatable bonds is 5. The van der Waals surface area contributed by atoms with Crippen molar-refractivity contribution in [3.63, 3.8) is 0 Å². The summed E-state index contributed by atoms with van der Waals surface area (Å²) in [6.45, 7) is -0.259. The van der Waals surface area contributed by atoms with Crippen LogP contribution >= 0.6 is 23.4 Å². The van der Waals surface area contributed by atoms with Crippen molar-refractivity contribution in [1.29, 1.82) is 0 Å². The summed E-state index contributed by atoms with van der Waals surface area (Å²) in [5.74, 6) is -0.888. The molecule has 0 bridgehead atoms. The molecule has 7 nitrogen and oxygen atoms in total. The molecule has 1 aromatic heterocycles. The third kappa shape index (κ3) is 4.14. The lowest BCUT2D eigenvalue weighted by atomic mass is 10.2. The van der Waals surface area contributed by atoms with Crippen LogP contribution in [0.5, 0.6) is 0 Å². The van der Waals surface area contributed by atoms with Crippen molar-refractivity contribution in [3.8, 4) is 0 Å². The number of pyridine rings is 1. The second-order valence-electron chi connectivity index (χ2n) is 5.40. The number of benzene rings is 1. The molecule has 26 heavy (non-hydrogen) atoms. The molecular formula is C17H15ClN4O3S. The number of carbonyl (C=O) groups is 3. The van der Waals surface area contributed by atoms with Gasteiger partial charge >= 0.3 is 0 Å². The number of hydrogen-bond donors (Lipinski definition) is 2. The van der Waals surface area contributed by atoms with Gasteiger partial charge in [-0.25, -0.2) is 5.01 Å². The molecule has 1 aromatic carbocycles. The summed E-state index contributed by atoms with van der Waals surface area (Å²) in [6.07, 6.45) is 2.98. The maximum atomic E-state index is 12.2. The average Bonchev–Trinajstić information content (AvgIpc) is 3.01. The summed E-state index contributed by atoms with van der Waals surface area (Å²) >= 11 is 7.57. The van der Waals surface area contributed by atoms with E-state index in [4.69, 9.17) is 11.6 Å². The first-order valence-electron chi connectivity index (χ1n) is 7.72. The lowest BCUT2D eigenvalue weighted by molar-refractivity contribution is -0.138. The molecule has 2 N–H and O–H groups in total. The Balaban J connectivity index is 1.61. The Labute approximate surface area is 159 Å². The van der Waals surface area contributed by atoms with E-state index in [1.54, 1.807) is 24.3 Å². The van der Waals surface area contributed by atoms with Gasteiger partial charge in [0.15, 0.2) is 0 Å². The third-order valence-electron chi connectivity index (χ3n) is 3.64. The van der Waals surface area contributed by atoms with E-state index in [-0.39, 0.29) is 18.2 Å². The predicted molar refractivity (Wildman–Crippen MR) is 98.2 cm³/mol. The molecule has 1 aliphatic rings. The fraction of sp³-hybridized carbons (Fsp3) is 0.176. The van der Waals surface area contributed by atoms with E-state index in [1.807, 2.05) is 12.1 Å². The molecule has 0 spiro atoms. The third-order valence-corrected chi connectivity index (χ3v) is 5.17. The zero-order chi connectivity index (χ0) is 18.5. The van der Waals surface area contributed by atoms with Gasteiger partial charge in [0.05, 0.1) is 12.3 Å². The standard InChI is InChI=1S/C17H15ClN4O3S/c18-13-4-2-1-3-12(13)17-22(15(24)10-26-17)21-14(23)9-20-16(25)11-5-7-19-8-6-11/h1-8,17H,9-10H2,(H,20,25)(H,21,23). The van der Waals surface area contributed by atoms with Gasteiger partial charge in [0.1, 0.15) is 5.37 Å². The van der Waals surface area contributed by atoms with E-state index in [0.717, 1.165) is 5.56 Å². The topological polar surface area (TPSA) is 91.4 Å². The van der Waals surface area contributed by atoms with Crippen molar-refractivity contribution < 1.29 is 14.4 Å². The molecule has 2 heterocycles. The van der Waals surface area contributed by atoms with Gasteiger partial charge < -0.3 is 5.32 Å². The van der Waals surface area contributed by atoms with Crippen molar-refractivity contribution in [1.82, 2.24) is 20.7 Å². The Bertz CT molecular complexity index is 834. The van der Waals surface area contributed by atoms with Gasteiger partial charge in [-0.2, -0.15) is 0 Å². The summed E-state index contributed by atoms with van der Waals surface area (Å²) in [4.78, 5) is 40.1. The van der Waals surface area contributed by atoms with Crippen LogP contribution in [0.1, 0.15) is 21.3 Å². The van der Waals surface area contributed by atoms with Crippen LogP contribution in [0.2, 0.25) is 5.02 Å². The van der Waals surface area contributed by atoms with Crippen molar-refractivity contribution in [2.24, 2.45) is 0 Å². The summed E-state index contributed by atoms with van der Waals surface area (Å²) < 4.78 is 0. The Morgan fingerprint density at radius 1 is 1.23 bits per heavy atom. The molecule has 3 amide bonds. The van der Waals surface area contributed by atoms with Crippen LogP contribution in [0.3, 0.4) is 0 Å². The quantitative estimate of drug-likeness (QED) is 0.811. The Morgan fingerprint density at radius 3 is 2.69 bits per heavy atom. The number of nitrogens with zero attached hydrogens (tertiary/aromatic N) is 2. The number of thioether (sulfide) groups is 1. The van der Waals surface area contributed by atoms with Crippen LogP contribution < -0.4 is 10.7 Å². The number of halogens is 1. The summed E-state index contributed by atoms with van der Waals surface area (Å²) in [5.41, 5.74) is 3.69. The SMILES string of the molecule is O=C(CNC(=O)c1ccncc1)NN1C(=O)CSC1c1ccccc1Cl. The highest BCUT2D eigenvalue weighted by molar-refractivity contribution is 8.00. The highest BCUT2D eigenvalue weighted by Crippen LogP contribution is 2.40. The van der Waals surface area contributed by atoms with Crippen LogP contribution in [0.25, 0.3) is 0 Å². The zero-order valence-electron chi connectivity index (χ0n) is 13.5. The molecule has 9 heteroatoms. The van der Waals surface area contributed by atoms with Crippen LogP contribution in [0, 0.1) is 0 Å². The molecule has 1 atom stereocenters. The fourth-order valence-electron chi connectivity index (χ4n) is 2.39. The van der Waals surface area contributed by atoms with Crippen LogP contribution in [0.15, 0.2) is 48.8 Å². The van der Waals surface area contributed by atoms with E-state index in [2.05, 4.69) is 15.7 Å². The van der Waals surface area contributed by atoms with Crippen LogP contribution in [-0.2, 0) is 9.59 Å². The van der Waals surface area contributed by atoms with E-state index in [1.165, 1.54) is 29.2 Å². The van der Waals surface area contributed by atoms with Gasteiger partial charge in [-0.15, -0.1) is 11.8 Å². The fourth-order valence-corrected chi connectivity index (χ4v) is 3.84. The van der Waals surface area contributed by atoms with Crippen molar-refractivity contribution in [3.05, 3.63) is 64.9 Å². The van der Waals surface area contributed by atoms with Gasteiger partial charge in [-0.1, -0.05) is 29.8 Å². The average molecular weight is 391 g/mol. The zero-order valence-corrected chi connectivity index (χ0v) is 15.1. The number of carbonyl (C=O) groups excluding carboxylic acids is 3. The number of aromatic nitrogens is 1. The lowest BCUT2D eigenvalue weighted by Crippen LogP contribution is -2.48. The van der Waals surface area contributed by atoms with Gasteiger partial charge in [-0.05, 0) is 18.2 Å². The number of hydrogen-bond acceptors (Lipinski definition) is 5. The minimum absolute atomic E-state index is 0.228. The Morgan fingerprint density at radius 2 is 1.96 bits per heavy atom. The summed E-state index contributed by atoms with van der Waals surface area (Å²) in [7, 11) is 0. The van der Waals surface area contributed by atoms with Gasteiger partial charge in [0.25, 0.3) is 17.7 Å². The van der Waals surface area contributed by atoms with Crippen molar-refractivity contribution in [2.75, 3.05) is 12.3 Å². The number of amides is 3. The second kappa shape index (κ2) is 8.20. The minimum atomic E-state index is -0.500. The minimum Gasteiger partial charge on any atom is -0.343 e. The molecule has 0 radical (unpaired) electrons. The lowest BCUT2D eigenvalue weighted by Gasteiger charge is -2.25. The van der Waals surface area contributed by atoms with Gasteiger partial charge in [-0.3, -0.25) is 24.8 Å². The molecule has 2 aromatic rings. The maximum Gasteiger partial charge on any atom is 0.258 e. The van der Waals surface area contributed by atoms with E-state index in [9.17, 15) is 14.4 Å². The monoisotopic (exact) mass is 390 g/mol. The molecule has 0 aliphatic carbocycles. The van der Waals surface area contributed by atoms with Gasteiger partial charge in [0.2, 0.25) is 0 Å². The first kappa shape index (κ1) is 18.2.